The van der Waals surface area contributed by atoms with Gasteiger partial charge in [0.15, 0.2) is 0 Å². The number of amides is 1. The van der Waals surface area contributed by atoms with E-state index < -0.39 is 0 Å². The van der Waals surface area contributed by atoms with Crippen LogP contribution >= 0.6 is 11.8 Å². The van der Waals surface area contributed by atoms with Crippen molar-refractivity contribution in [1.82, 2.24) is 5.32 Å². The SMILES string of the molecule is CC(C)(C)C(=O)NCC1(OCCO)CCSC1. The van der Waals surface area contributed by atoms with E-state index in [1.165, 1.54) is 0 Å². The molecule has 0 aromatic carbocycles. The van der Waals surface area contributed by atoms with Gasteiger partial charge in [-0.3, -0.25) is 4.79 Å². The highest BCUT2D eigenvalue weighted by molar-refractivity contribution is 7.99. The second-order valence-electron chi connectivity index (χ2n) is 5.49. The Hall–Kier alpha value is -0.260. The number of aliphatic hydroxyl groups is 1. The van der Waals surface area contributed by atoms with Gasteiger partial charge in [0, 0.05) is 17.7 Å². The third kappa shape index (κ3) is 4.48. The van der Waals surface area contributed by atoms with Crippen molar-refractivity contribution < 1.29 is 14.6 Å². The monoisotopic (exact) mass is 261 g/mol. The summed E-state index contributed by atoms with van der Waals surface area (Å²) in [5.74, 6) is 1.98. The second kappa shape index (κ2) is 6.07. The molecule has 1 rings (SSSR count). The molecule has 5 heteroatoms. The standard InChI is InChI=1S/C12H23NO3S/c1-11(2,3)10(15)13-8-12(16-6-5-14)4-7-17-9-12/h14H,4-9H2,1-3H3,(H,13,15). The van der Waals surface area contributed by atoms with Gasteiger partial charge in [-0.05, 0) is 12.2 Å². The van der Waals surface area contributed by atoms with Crippen LogP contribution < -0.4 is 5.32 Å². The molecule has 1 fully saturated rings. The van der Waals surface area contributed by atoms with Crippen LogP contribution in [0.5, 0.6) is 0 Å². The van der Waals surface area contributed by atoms with Gasteiger partial charge < -0.3 is 15.2 Å². The first-order valence-corrected chi connectivity index (χ1v) is 7.16. The Bertz CT molecular complexity index is 257. The highest BCUT2D eigenvalue weighted by Crippen LogP contribution is 2.31. The molecule has 0 bridgehead atoms. The molecule has 1 aliphatic heterocycles. The van der Waals surface area contributed by atoms with E-state index >= 15 is 0 Å². The van der Waals surface area contributed by atoms with E-state index in [0.29, 0.717) is 13.2 Å². The van der Waals surface area contributed by atoms with E-state index in [-0.39, 0.29) is 23.5 Å². The highest BCUT2D eigenvalue weighted by Gasteiger charge is 2.36. The Morgan fingerprint density at radius 2 is 2.24 bits per heavy atom. The smallest absolute Gasteiger partial charge is 0.225 e. The number of rotatable bonds is 5. The lowest BCUT2D eigenvalue weighted by atomic mass is 9.94. The quantitative estimate of drug-likeness (QED) is 0.776. The van der Waals surface area contributed by atoms with E-state index in [1.807, 2.05) is 32.5 Å². The summed E-state index contributed by atoms with van der Waals surface area (Å²) in [7, 11) is 0. The van der Waals surface area contributed by atoms with Crippen LogP contribution in [0.25, 0.3) is 0 Å². The fourth-order valence-electron chi connectivity index (χ4n) is 1.66. The molecule has 1 saturated heterocycles. The third-order valence-electron chi connectivity index (χ3n) is 2.82. The van der Waals surface area contributed by atoms with Gasteiger partial charge >= 0.3 is 0 Å². The largest absolute Gasteiger partial charge is 0.394 e. The highest BCUT2D eigenvalue weighted by atomic mass is 32.2. The van der Waals surface area contributed by atoms with Gasteiger partial charge in [0.1, 0.15) is 0 Å². The lowest BCUT2D eigenvalue weighted by Gasteiger charge is -2.30. The number of hydrogen-bond donors (Lipinski definition) is 2. The summed E-state index contributed by atoms with van der Waals surface area (Å²) in [6.07, 6.45) is 0.933. The van der Waals surface area contributed by atoms with E-state index in [1.54, 1.807) is 0 Å². The molecule has 0 spiro atoms. The molecule has 0 radical (unpaired) electrons. The van der Waals surface area contributed by atoms with Crippen LogP contribution in [0.2, 0.25) is 0 Å². The molecule has 1 heterocycles. The molecule has 0 aromatic heterocycles. The van der Waals surface area contributed by atoms with Crippen LogP contribution in [0.15, 0.2) is 0 Å². The molecule has 1 aliphatic rings. The van der Waals surface area contributed by atoms with Crippen LogP contribution in [-0.4, -0.2) is 47.9 Å². The Kier molecular flexibility index (Phi) is 5.28. The van der Waals surface area contributed by atoms with Crippen molar-refractivity contribution in [2.75, 3.05) is 31.3 Å². The number of nitrogens with one attached hydrogen (secondary N) is 1. The van der Waals surface area contributed by atoms with Gasteiger partial charge in [-0.25, -0.2) is 0 Å². The van der Waals surface area contributed by atoms with Crippen LogP contribution in [0.4, 0.5) is 0 Å². The molecule has 0 saturated carbocycles. The van der Waals surface area contributed by atoms with E-state index in [9.17, 15) is 4.79 Å². The van der Waals surface area contributed by atoms with Crippen molar-refractivity contribution in [2.45, 2.75) is 32.8 Å². The molecule has 17 heavy (non-hydrogen) atoms. The molecular formula is C12H23NO3S. The fraction of sp³-hybridized carbons (Fsp3) is 0.917. The average molecular weight is 261 g/mol. The van der Waals surface area contributed by atoms with Crippen molar-refractivity contribution in [1.29, 1.82) is 0 Å². The molecule has 1 atom stereocenters. The van der Waals surface area contributed by atoms with Crippen LogP contribution in [0, 0.1) is 5.41 Å². The van der Waals surface area contributed by atoms with E-state index in [2.05, 4.69) is 5.32 Å². The third-order valence-corrected chi connectivity index (χ3v) is 4.04. The van der Waals surface area contributed by atoms with E-state index in [0.717, 1.165) is 17.9 Å². The van der Waals surface area contributed by atoms with Crippen molar-refractivity contribution >= 4 is 17.7 Å². The van der Waals surface area contributed by atoms with Gasteiger partial charge in [-0.15, -0.1) is 0 Å². The van der Waals surface area contributed by atoms with Crippen LogP contribution in [0.1, 0.15) is 27.2 Å². The average Bonchev–Trinajstić information content (AvgIpc) is 2.71. The number of carbonyl (C=O) groups is 1. The van der Waals surface area contributed by atoms with Gasteiger partial charge in [0.2, 0.25) is 5.91 Å². The van der Waals surface area contributed by atoms with Gasteiger partial charge in [-0.2, -0.15) is 11.8 Å². The first-order valence-electron chi connectivity index (χ1n) is 6.00. The zero-order valence-electron chi connectivity index (χ0n) is 10.9. The Morgan fingerprint density at radius 3 is 2.71 bits per heavy atom. The van der Waals surface area contributed by atoms with Crippen LogP contribution in [0.3, 0.4) is 0 Å². The first kappa shape index (κ1) is 14.8. The molecule has 1 amide bonds. The maximum atomic E-state index is 11.8. The van der Waals surface area contributed by atoms with Gasteiger partial charge in [-0.1, -0.05) is 20.8 Å². The number of carbonyl (C=O) groups excluding carboxylic acids is 1. The second-order valence-corrected chi connectivity index (χ2v) is 6.60. The normalized spacial score (nSPS) is 24.9. The number of thioether (sulfide) groups is 1. The van der Waals surface area contributed by atoms with Gasteiger partial charge in [0.25, 0.3) is 0 Å². The maximum absolute atomic E-state index is 11.8. The summed E-state index contributed by atoms with van der Waals surface area (Å²) >= 11 is 1.83. The summed E-state index contributed by atoms with van der Waals surface area (Å²) < 4.78 is 5.72. The molecule has 2 N–H and O–H groups in total. The molecule has 4 nitrogen and oxygen atoms in total. The van der Waals surface area contributed by atoms with Crippen molar-refractivity contribution in [3.63, 3.8) is 0 Å². The summed E-state index contributed by atoms with van der Waals surface area (Å²) in [6.45, 7) is 6.59. The Labute approximate surface area is 107 Å². The minimum atomic E-state index is -0.371. The fourth-order valence-corrected chi connectivity index (χ4v) is 3.02. The molecule has 100 valence electrons. The van der Waals surface area contributed by atoms with Gasteiger partial charge in [0.05, 0.1) is 18.8 Å². The lowest BCUT2D eigenvalue weighted by Crippen LogP contribution is -2.48. The predicted octanol–water partition coefficient (Wildman–Crippen LogP) is 1.03. The summed E-state index contributed by atoms with van der Waals surface area (Å²) in [5, 5.41) is 11.8. The minimum absolute atomic E-state index is 0.0274. The Balaban J connectivity index is 2.47. The minimum Gasteiger partial charge on any atom is -0.394 e. The summed E-state index contributed by atoms with van der Waals surface area (Å²) in [5.41, 5.74) is -0.655. The number of hydrogen-bond acceptors (Lipinski definition) is 4. The predicted molar refractivity (Wildman–Crippen MR) is 70.2 cm³/mol. The van der Waals surface area contributed by atoms with Crippen molar-refractivity contribution in [3.05, 3.63) is 0 Å². The maximum Gasteiger partial charge on any atom is 0.225 e. The Morgan fingerprint density at radius 1 is 1.53 bits per heavy atom. The molecule has 0 aliphatic carbocycles. The van der Waals surface area contributed by atoms with Crippen molar-refractivity contribution in [2.24, 2.45) is 5.41 Å². The lowest BCUT2D eigenvalue weighted by molar-refractivity contribution is -0.130. The van der Waals surface area contributed by atoms with E-state index in [4.69, 9.17) is 9.84 Å². The number of aliphatic hydroxyl groups excluding tert-OH is 1. The first-order chi connectivity index (χ1) is 7.90. The summed E-state index contributed by atoms with van der Waals surface area (Å²) in [4.78, 5) is 11.8. The molecule has 0 aromatic rings. The summed E-state index contributed by atoms with van der Waals surface area (Å²) in [6, 6.07) is 0. The zero-order chi connectivity index (χ0) is 12.9. The van der Waals surface area contributed by atoms with Crippen molar-refractivity contribution in [3.8, 4) is 0 Å². The molecular weight excluding hydrogens is 238 g/mol. The van der Waals surface area contributed by atoms with Crippen LogP contribution in [-0.2, 0) is 9.53 Å². The number of ether oxygens (including phenoxy) is 1. The zero-order valence-corrected chi connectivity index (χ0v) is 11.7. The molecule has 1 unspecified atom stereocenters. The topological polar surface area (TPSA) is 58.6 Å².